The Bertz CT molecular complexity index is 1290. The van der Waals surface area contributed by atoms with Gasteiger partial charge in [0.1, 0.15) is 12.1 Å². The number of rotatable bonds is 8. The number of nitro benzene ring substituents is 1. The second-order valence-corrected chi connectivity index (χ2v) is 6.84. The van der Waals surface area contributed by atoms with Crippen LogP contribution in [0.4, 0.5) is 34.5 Å². The maximum Gasteiger partial charge on any atom is 0.354 e. The second kappa shape index (κ2) is 9.47. The molecular weight excluding hydrogens is 426 g/mol. The van der Waals surface area contributed by atoms with Crippen LogP contribution in [-0.4, -0.2) is 24.8 Å². The fourth-order valence-electron chi connectivity index (χ4n) is 3.20. The van der Waals surface area contributed by atoms with Gasteiger partial charge in [-0.15, -0.1) is 0 Å². The van der Waals surface area contributed by atoms with Gasteiger partial charge >= 0.3 is 5.69 Å². The smallest absolute Gasteiger partial charge is 0.334 e. The van der Waals surface area contributed by atoms with Crippen LogP contribution in [0.2, 0.25) is 0 Å². The van der Waals surface area contributed by atoms with Crippen LogP contribution in [0, 0.1) is 20.2 Å². The summed E-state index contributed by atoms with van der Waals surface area (Å²) in [5.41, 5.74) is 0.635. The number of pyridine rings is 1. The van der Waals surface area contributed by atoms with Gasteiger partial charge in [-0.25, -0.2) is 15.0 Å². The Hall–Kier alpha value is -4.93. The number of aromatic nitrogens is 3. The normalized spacial score (nSPS) is 10.4. The first-order valence-electron chi connectivity index (χ1n) is 9.76. The summed E-state index contributed by atoms with van der Waals surface area (Å²) in [6.07, 6.45) is 2.78. The van der Waals surface area contributed by atoms with E-state index in [4.69, 9.17) is 0 Å². The van der Waals surface area contributed by atoms with Crippen molar-refractivity contribution in [3.05, 3.63) is 111 Å². The van der Waals surface area contributed by atoms with Crippen molar-refractivity contribution in [2.24, 2.45) is 0 Å². The summed E-state index contributed by atoms with van der Waals surface area (Å²) in [5, 5.41) is 26.0. The maximum atomic E-state index is 12.1. The third kappa shape index (κ3) is 4.88. The molecule has 0 spiro atoms. The van der Waals surface area contributed by atoms with Gasteiger partial charge in [0, 0.05) is 24.0 Å². The highest BCUT2D eigenvalue weighted by Crippen LogP contribution is 2.37. The molecule has 1 N–H and O–H groups in total. The summed E-state index contributed by atoms with van der Waals surface area (Å²) in [4.78, 5) is 36.3. The number of anilines is 4. The molecule has 4 rings (SSSR count). The van der Waals surface area contributed by atoms with E-state index in [0.717, 1.165) is 5.56 Å². The number of nitrogens with one attached hydrogen (secondary N) is 1. The van der Waals surface area contributed by atoms with Gasteiger partial charge in [0.05, 0.1) is 16.4 Å². The average molecular weight is 443 g/mol. The lowest BCUT2D eigenvalue weighted by atomic mass is 10.2. The van der Waals surface area contributed by atoms with E-state index in [1.165, 1.54) is 24.5 Å². The van der Waals surface area contributed by atoms with Crippen molar-refractivity contribution in [1.82, 2.24) is 15.0 Å². The molecule has 164 valence electrons. The lowest BCUT2D eigenvalue weighted by Crippen LogP contribution is -2.21. The van der Waals surface area contributed by atoms with E-state index < -0.39 is 9.85 Å². The predicted molar refractivity (Wildman–Crippen MR) is 122 cm³/mol. The van der Waals surface area contributed by atoms with Crippen LogP contribution in [0.25, 0.3) is 0 Å². The van der Waals surface area contributed by atoms with E-state index in [0.29, 0.717) is 5.82 Å². The van der Waals surface area contributed by atoms with Gasteiger partial charge in [-0.05, 0) is 23.8 Å². The van der Waals surface area contributed by atoms with Crippen molar-refractivity contribution >= 4 is 34.5 Å². The fraction of sp³-hybridized carbons (Fsp3) is 0.0455. The van der Waals surface area contributed by atoms with Crippen molar-refractivity contribution in [2.45, 2.75) is 6.54 Å². The van der Waals surface area contributed by atoms with Gasteiger partial charge in [0.15, 0.2) is 0 Å². The lowest BCUT2D eigenvalue weighted by molar-refractivity contribution is -0.384. The Kier molecular flexibility index (Phi) is 6.12. The fourth-order valence-corrected chi connectivity index (χ4v) is 3.20. The van der Waals surface area contributed by atoms with Crippen LogP contribution < -0.4 is 10.2 Å². The SMILES string of the molecule is O=[N+]([O-])c1cccc(Nc2ncnc(N(Cc3ccccc3)c3ccccn3)c2[N+](=O)[O-])c1. The molecule has 0 aliphatic rings. The zero-order chi connectivity index (χ0) is 23.2. The third-order valence-electron chi connectivity index (χ3n) is 4.67. The van der Waals surface area contributed by atoms with Gasteiger partial charge in [0.25, 0.3) is 5.69 Å². The minimum absolute atomic E-state index is 0.0329. The molecule has 0 saturated carbocycles. The highest BCUT2D eigenvalue weighted by atomic mass is 16.6. The largest absolute Gasteiger partial charge is 0.354 e. The van der Waals surface area contributed by atoms with Crippen LogP contribution in [0.1, 0.15) is 5.56 Å². The van der Waals surface area contributed by atoms with Crippen molar-refractivity contribution in [3.8, 4) is 0 Å². The highest BCUT2D eigenvalue weighted by molar-refractivity contribution is 5.77. The number of non-ortho nitro benzene ring substituents is 1. The zero-order valence-electron chi connectivity index (χ0n) is 17.1. The van der Waals surface area contributed by atoms with Crippen molar-refractivity contribution < 1.29 is 9.85 Å². The third-order valence-corrected chi connectivity index (χ3v) is 4.67. The van der Waals surface area contributed by atoms with E-state index in [2.05, 4.69) is 20.3 Å². The molecular formula is C22H17N7O4. The zero-order valence-corrected chi connectivity index (χ0v) is 17.1. The molecule has 2 heterocycles. The van der Waals surface area contributed by atoms with Crippen molar-refractivity contribution in [2.75, 3.05) is 10.2 Å². The predicted octanol–water partition coefficient (Wildman–Crippen LogP) is 4.77. The molecule has 0 bridgehead atoms. The maximum absolute atomic E-state index is 12.1. The molecule has 0 amide bonds. The summed E-state index contributed by atoms with van der Waals surface area (Å²) >= 11 is 0. The van der Waals surface area contributed by atoms with Crippen LogP contribution >= 0.6 is 0 Å². The minimum atomic E-state index is -0.587. The van der Waals surface area contributed by atoms with Crippen LogP contribution in [0.3, 0.4) is 0 Å². The second-order valence-electron chi connectivity index (χ2n) is 6.84. The van der Waals surface area contributed by atoms with Gasteiger partial charge < -0.3 is 10.2 Å². The van der Waals surface area contributed by atoms with Gasteiger partial charge in [-0.3, -0.25) is 20.2 Å². The standard InChI is InChI=1S/C22H17N7O4/c30-28(31)18-10-6-9-17(13-18)26-21-20(29(32)33)22(25-15-24-21)27(19-11-4-5-12-23-19)14-16-7-2-1-3-8-16/h1-13,15H,14H2,(H,24,25,26). The van der Waals surface area contributed by atoms with E-state index in [1.54, 1.807) is 35.4 Å². The number of benzene rings is 2. The first kappa shape index (κ1) is 21.3. The quantitative estimate of drug-likeness (QED) is 0.301. The first-order chi connectivity index (χ1) is 16.0. The Labute approximate surface area is 187 Å². The summed E-state index contributed by atoms with van der Waals surface area (Å²) in [7, 11) is 0. The molecule has 2 aromatic heterocycles. The Balaban J connectivity index is 1.80. The molecule has 33 heavy (non-hydrogen) atoms. The molecule has 0 saturated heterocycles. The van der Waals surface area contributed by atoms with E-state index >= 15 is 0 Å². The molecule has 0 aliphatic carbocycles. The molecule has 11 heteroatoms. The van der Waals surface area contributed by atoms with Gasteiger partial charge in [-0.2, -0.15) is 0 Å². The van der Waals surface area contributed by atoms with Crippen LogP contribution in [-0.2, 0) is 6.54 Å². The topological polar surface area (TPSA) is 140 Å². The number of hydrogen-bond donors (Lipinski definition) is 1. The van der Waals surface area contributed by atoms with Crippen molar-refractivity contribution in [1.29, 1.82) is 0 Å². The number of hydrogen-bond acceptors (Lipinski definition) is 9. The minimum Gasteiger partial charge on any atom is -0.334 e. The highest BCUT2D eigenvalue weighted by Gasteiger charge is 2.29. The summed E-state index contributed by atoms with van der Waals surface area (Å²) < 4.78 is 0. The first-order valence-corrected chi connectivity index (χ1v) is 9.76. The van der Waals surface area contributed by atoms with E-state index in [-0.39, 0.29) is 35.2 Å². The molecule has 4 aromatic rings. The van der Waals surface area contributed by atoms with E-state index in [9.17, 15) is 20.2 Å². The average Bonchev–Trinajstić information content (AvgIpc) is 2.83. The van der Waals surface area contributed by atoms with Gasteiger partial charge in [0.2, 0.25) is 11.6 Å². The van der Waals surface area contributed by atoms with Gasteiger partial charge in [-0.1, -0.05) is 42.5 Å². The molecule has 2 aromatic carbocycles. The van der Waals surface area contributed by atoms with Crippen LogP contribution in [0.15, 0.2) is 85.3 Å². The summed E-state index contributed by atoms with van der Waals surface area (Å²) in [5.74, 6) is 0.398. The molecule has 0 fully saturated rings. The monoisotopic (exact) mass is 443 g/mol. The lowest BCUT2D eigenvalue weighted by Gasteiger charge is -2.23. The molecule has 0 atom stereocenters. The van der Waals surface area contributed by atoms with Crippen LogP contribution in [0.5, 0.6) is 0 Å². The number of nitro groups is 2. The molecule has 0 aliphatic heterocycles. The van der Waals surface area contributed by atoms with Crippen molar-refractivity contribution in [3.63, 3.8) is 0 Å². The van der Waals surface area contributed by atoms with E-state index in [1.807, 2.05) is 30.3 Å². The number of nitrogens with zero attached hydrogens (tertiary/aromatic N) is 6. The molecule has 0 unspecified atom stereocenters. The molecule has 0 radical (unpaired) electrons. The Morgan fingerprint density at radius 1 is 0.848 bits per heavy atom. The Morgan fingerprint density at radius 3 is 2.33 bits per heavy atom. The summed E-state index contributed by atoms with van der Waals surface area (Å²) in [6, 6.07) is 20.3. The summed E-state index contributed by atoms with van der Waals surface area (Å²) in [6.45, 7) is 0.270. The Morgan fingerprint density at radius 2 is 1.64 bits per heavy atom. The molecule has 11 nitrogen and oxygen atoms in total.